The van der Waals surface area contributed by atoms with Gasteiger partial charge in [0, 0.05) is 5.92 Å². The topological polar surface area (TPSA) is 20.2 Å². The Morgan fingerprint density at radius 3 is 2.54 bits per heavy atom. The molecule has 0 spiro atoms. The van der Waals surface area contributed by atoms with Crippen LogP contribution < -0.4 is 0 Å². The first-order valence-electron chi connectivity index (χ1n) is 5.19. The molecule has 0 bridgehead atoms. The van der Waals surface area contributed by atoms with Crippen molar-refractivity contribution in [1.82, 2.24) is 0 Å². The SMILES string of the molecule is C#CC1(O)CC(C)CCC1C(C)C. The summed E-state index contributed by atoms with van der Waals surface area (Å²) in [5, 5.41) is 10.2. The van der Waals surface area contributed by atoms with Crippen LogP contribution in [0.25, 0.3) is 0 Å². The van der Waals surface area contributed by atoms with Crippen LogP contribution in [0, 0.1) is 30.1 Å². The molecule has 13 heavy (non-hydrogen) atoms. The van der Waals surface area contributed by atoms with Gasteiger partial charge in [0.25, 0.3) is 0 Å². The molecule has 0 saturated heterocycles. The lowest BCUT2D eigenvalue weighted by atomic mass is 9.67. The number of rotatable bonds is 1. The molecule has 1 N–H and O–H groups in total. The first-order chi connectivity index (χ1) is 5.99. The molecule has 74 valence electrons. The van der Waals surface area contributed by atoms with Crippen molar-refractivity contribution >= 4 is 0 Å². The molecule has 1 aliphatic rings. The molecule has 0 radical (unpaired) electrons. The zero-order valence-corrected chi connectivity index (χ0v) is 8.88. The van der Waals surface area contributed by atoms with E-state index >= 15 is 0 Å². The van der Waals surface area contributed by atoms with Gasteiger partial charge in [0.2, 0.25) is 0 Å². The third-order valence-electron chi connectivity index (χ3n) is 3.30. The summed E-state index contributed by atoms with van der Waals surface area (Å²) in [6.07, 6.45) is 8.47. The molecule has 0 heterocycles. The summed E-state index contributed by atoms with van der Waals surface area (Å²) in [6, 6.07) is 0. The van der Waals surface area contributed by atoms with Crippen LogP contribution in [0.2, 0.25) is 0 Å². The molecule has 1 nitrogen and oxygen atoms in total. The van der Waals surface area contributed by atoms with Gasteiger partial charge in [-0.05, 0) is 24.7 Å². The van der Waals surface area contributed by atoms with Gasteiger partial charge < -0.3 is 5.11 Å². The number of aliphatic hydroxyl groups is 1. The summed E-state index contributed by atoms with van der Waals surface area (Å²) in [5.41, 5.74) is -0.841. The van der Waals surface area contributed by atoms with Gasteiger partial charge in [-0.25, -0.2) is 0 Å². The zero-order chi connectivity index (χ0) is 10.1. The Bertz CT molecular complexity index is 214. The van der Waals surface area contributed by atoms with E-state index in [9.17, 15) is 5.11 Å². The fourth-order valence-electron chi connectivity index (χ4n) is 2.54. The molecule has 1 saturated carbocycles. The molecular formula is C12H20O. The summed E-state index contributed by atoms with van der Waals surface area (Å²) < 4.78 is 0. The van der Waals surface area contributed by atoms with E-state index in [2.05, 4.69) is 26.7 Å². The average molecular weight is 180 g/mol. The molecule has 1 aliphatic carbocycles. The zero-order valence-electron chi connectivity index (χ0n) is 8.88. The second-order valence-electron chi connectivity index (χ2n) is 4.81. The summed E-state index contributed by atoms with van der Waals surface area (Å²) in [7, 11) is 0. The van der Waals surface area contributed by atoms with Crippen LogP contribution in [0.3, 0.4) is 0 Å². The maximum atomic E-state index is 10.2. The van der Waals surface area contributed by atoms with E-state index in [4.69, 9.17) is 6.42 Å². The van der Waals surface area contributed by atoms with Gasteiger partial charge in [-0.1, -0.05) is 33.1 Å². The van der Waals surface area contributed by atoms with Crippen molar-refractivity contribution in [3.05, 3.63) is 0 Å². The van der Waals surface area contributed by atoms with Gasteiger partial charge in [-0.3, -0.25) is 0 Å². The van der Waals surface area contributed by atoms with E-state index in [-0.39, 0.29) is 5.92 Å². The van der Waals surface area contributed by atoms with Crippen molar-refractivity contribution in [2.75, 3.05) is 0 Å². The summed E-state index contributed by atoms with van der Waals surface area (Å²) in [4.78, 5) is 0. The van der Waals surface area contributed by atoms with Crippen LogP contribution in [-0.4, -0.2) is 10.7 Å². The highest BCUT2D eigenvalue weighted by Crippen LogP contribution is 2.40. The average Bonchev–Trinajstić information content (AvgIpc) is 2.03. The minimum atomic E-state index is -0.841. The third kappa shape index (κ3) is 2.06. The first kappa shape index (κ1) is 10.6. The molecular weight excluding hydrogens is 160 g/mol. The first-order valence-corrected chi connectivity index (χ1v) is 5.19. The Morgan fingerprint density at radius 2 is 2.08 bits per heavy atom. The van der Waals surface area contributed by atoms with Gasteiger partial charge in [0.1, 0.15) is 5.60 Å². The summed E-state index contributed by atoms with van der Waals surface area (Å²) >= 11 is 0. The molecule has 0 aromatic rings. The Hall–Kier alpha value is -0.480. The summed E-state index contributed by atoms with van der Waals surface area (Å²) in [5.74, 6) is 3.93. The van der Waals surface area contributed by atoms with Crippen LogP contribution in [0.4, 0.5) is 0 Å². The highest BCUT2D eigenvalue weighted by Gasteiger charge is 2.41. The predicted molar refractivity (Wildman–Crippen MR) is 55.1 cm³/mol. The second kappa shape index (κ2) is 3.72. The third-order valence-corrected chi connectivity index (χ3v) is 3.30. The van der Waals surface area contributed by atoms with Crippen molar-refractivity contribution in [3.63, 3.8) is 0 Å². The quantitative estimate of drug-likeness (QED) is 0.614. The number of hydrogen-bond acceptors (Lipinski definition) is 1. The second-order valence-corrected chi connectivity index (χ2v) is 4.81. The van der Waals surface area contributed by atoms with Gasteiger partial charge in [-0.2, -0.15) is 0 Å². The van der Waals surface area contributed by atoms with Gasteiger partial charge >= 0.3 is 0 Å². The Morgan fingerprint density at radius 1 is 1.46 bits per heavy atom. The van der Waals surface area contributed by atoms with Crippen LogP contribution in [0.15, 0.2) is 0 Å². The van der Waals surface area contributed by atoms with Crippen LogP contribution >= 0.6 is 0 Å². The molecule has 0 aromatic carbocycles. The Balaban J connectivity index is 2.80. The molecule has 3 unspecified atom stereocenters. The summed E-state index contributed by atoms with van der Waals surface area (Å²) in [6.45, 7) is 6.45. The Kier molecular flexibility index (Phi) is 3.03. The lowest BCUT2D eigenvalue weighted by Gasteiger charge is -2.41. The Labute approximate surface area is 81.5 Å². The number of terminal acetylenes is 1. The molecule has 0 aliphatic heterocycles. The smallest absolute Gasteiger partial charge is 0.128 e. The lowest BCUT2D eigenvalue weighted by molar-refractivity contribution is -0.0325. The number of hydrogen-bond donors (Lipinski definition) is 1. The molecule has 1 heteroatoms. The van der Waals surface area contributed by atoms with Gasteiger partial charge in [0.05, 0.1) is 0 Å². The highest BCUT2D eigenvalue weighted by atomic mass is 16.3. The van der Waals surface area contributed by atoms with E-state index in [1.807, 2.05) is 0 Å². The van der Waals surface area contributed by atoms with Crippen molar-refractivity contribution in [2.45, 2.75) is 45.6 Å². The van der Waals surface area contributed by atoms with E-state index in [1.165, 1.54) is 6.42 Å². The van der Waals surface area contributed by atoms with Crippen molar-refractivity contribution in [2.24, 2.45) is 17.8 Å². The van der Waals surface area contributed by atoms with Gasteiger partial charge in [-0.15, -0.1) is 6.42 Å². The van der Waals surface area contributed by atoms with E-state index < -0.39 is 5.60 Å². The predicted octanol–water partition coefficient (Wildman–Crippen LogP) is 2.44. The molecule has 0 amide bonds. The van der Waals surface area contributed by atoms with Crippen LogP contribution in [0.5, 0.6) is 0 Å². The van der Waals surface area contributed by atoms with Crippen molar-refractivity contribution in [1.29, 1.82) is 0 Å². The van der Waals surface area contributed by atoms with E-state index in [0.717, 1.165) is 12.8 Å². The largest absolute Gasteiger partial charge is 0.377 e. The normalized spacial score (nSPS) is 40.3. The maximum absolute atomic E-state index is 10.2. The van der Waals surface area contributed by atoms with Crippen molar-refractivity contribution < 1.29 is 5.11 Å². The molecule has 0 aromatic heterocycles. The van der Waals surface area contributed by atoms with Crippen molar-refractivity contribution in [3.8, 4) is 12.3 Å². The minimum Gasteiger partial charge on any atom is -0.377 e. The standard InChI is InChI=1S/C12H20O/c1-5-12(13)8-10(4)6-7-11(12)9(2)3/h1,9-11,13H,6-8H2,2-4H3. The van der Waals surface area contributed by atoms with Crippen LogP contribution in [0.1, 0.15) is 40.0 Å². The van der Waals surface area contributed by atoms with Crippen LogP contribution in [-0.2, 0) is 0 Å². The molecule has 1 fully saturated rings. The van der Waals surface area contributed by atoms with E-state index in [0.29, 0.717) is 11.8 Å². The fraction of sp³-hybridized carbons (Fsp3) is 0.833. The lowest BCUT2D eigenvalue weighted by Crippen LogP contribution is -2.44. The van der Waals surface area contributed by atoms with E-state index in [1.54, 1.807) is 0 Å². The fourth-order valence-corrected chi connectivity index (χ4v) is 2.54. The van der Waals surface area contributed by atoms with Gasteiger partial charge in [0.15, 0.2) is 0 Å². The molecule has 1 rings (SSSR count). The minimum absolute atomic E-state index is 0.286. The molecule has 3 atom stereocenters. The monoisotopic (exact) mass is 180 g/mol. The maximum Gasteiger partial charge on any atom is 0.128 e. The highest BCUT2D eigenvalue weighted by molar-refractivity contribution is 5.13.